The van der Waals surface area contributed by atoms with Crippen molar-refractivity contribution >= 4 is 33.2 Å². The zero-order valence-corrected chi connectivity index (χ0v) is 18.5. The highest BCUT2D eigenvalue weighted by atomic mass is 35.5. The summed E-state index contributed by atoms with van der Waals surface area (Å²) in [5.41, 5.74) is -1.17. The summed E-state index contributed by atoms with van der Waals surface area (Å²) in [6, 6.07) is 1.34. The zero-order chi connectivity index (χ0) is 30.8. The van der Waals surface area contributed by atoms with Gasteiger partial charge in [0.25, 0.3) is 0 Å². The third-order valence-electron chi connectivity index (χ3n) is 4.45. The van der Waals surface area contributed by atoms with Crippen LogP contribution in [0.25, 0.3) is 0 Å². The summed E-state index contributed by atoms with van der Waals surface area (Å²) in [4.78, 5) is 10.6. The van der Waals surface area contributed by atoms with E-state index in [1.807, 2.05) is 0 Å². The Labute approximate surface area is 203 Å². The number of nitrogens with two attached hydrogens (primary N) is 1. The molecule has 0 aliphatic rings. The molecule has 1 aromatic rings. The van der Waals surface area contributed by atoms with Gasteiger partial charge in [0.1, 0.15) is 0 Å². The van der Waals surface area contributed by atoms with Crippen molar-refractivity contribution < 1.29 is 83.5 Å². The minimum Gasteiger partial charge on any atom is -0.321 e. The fourth-order valence-electron chi connectivity index (χ4n) is 2.24. The van der Waals surface area contributed by atoms with Crippen LogP contribution < -0.4 is 10.5 Å². The Kier molecular flexibility index (Phi) is 8.15. The molecule has 0 saturated heterocycles. The van der Waals surface area contributed by atoms with E-state index >= 15 is 0 Å². The molecule has 1 rings (SSSR count). The van der Waals surface area contributed by atoms with Crippen molar-refractivity contribution in [1.82, 2.24) is 0 Å². The standard InChI is InChI=1S/C15H7ClF16N2O3S/c16-15(31,32)14(29,30)13(27,28)12(25,26)11(23,24)10(21,22)9(19,20)8(17,18)7(35)34-5-1-3-6(4-2-5)38(33,36)37/h1-4H,(H,34,35)(H2,33,36,37). The summed E-state index contributed by atoms with van der Waals surface area (Å²) in [6.45, 7) is 0. The Morgan fingerprint density at radius 2 is 0.947 bits per heavy atom. The van der Waals surface area contributed by atoms with E-state index in [9.17, 15) is 83.5 Å². The number of primary sulfonamides is 1. The Hall–Kier alpha value is -2.23. The molecule has 0 fully saturated rings. The van der Waals surface area contributed by atoms with Gasteiger partial charge in [0.05, 0.1) is 4.90 Å². The summed E-state index contributed by atoms with van der Waals surface area (Å²) < 4.78 is 237. The van der Waals surface area contributed by atoms with Gasteiger partial charge in [0, 0.05) is 5.69 Å². The lowest BCUT2D eigenvalue weighted by molar-refractivity contribution is -0.445. The van der Waals surface area contributed by atoms with Gasteiger partial charge >= 0.3 is 52.7 Å². The van der Waals surface area contributed by atoms with E-state index in [1.54, 1.807) is 0 Å². The fourth-order valence-corrected chi connectivity index (χ4v) is 2.88. The van der Waals surface area contributed by atoms with E-state index in [0.717, 1.165) is 0 Å². The third kappa shape index (κ3) is 4.82. The molecule has 0 atom stereocenters. The maximum atomic E-state index is 13.9. The van der Waals surface area contributed by atoms with Crippen LogP contribution in [0.3, 0.4) is 0 Å². The number of amides is 1. The smallest absolute Gasteiger partial charge is 0.321 e. The summed E-state index contributed by atoms with van der Waals surface area (Å²) >= 11 is 3.41. The molecule has 0 aromatic heterocycles. The van der Waals surface area contributed by atoms with Crippen molar-refractivity contribution in [2.45, 2.75) is 51.7 Å². The normalized spacial score (nSPS) is 15.4. The van der Waals surface area contributed by atoms with E-state index in [4.69, 9.17) is 0 Å². The summed E-state index contributed by atoms with van der Waals surface area (Å²) in [6.07, 6.45) is 0. The average molecular weight is 635 g/mol. The lowest BCUT2D eigenvalue weighted by atomic mass is 9.89. The molecule has 1 aromatic carbocycles. The second kappa shape index (κ2) is 9.17. The first-order valence-corrected chi connectivity index (χ1v) is 10.4. The van der Waals surface area contributed by atoms with Gasteiger partial charge < -0.3 is 5.32 Å². The maximum absolute atomic E-state index is 13.9. The highest BCUT2D eigenvalue weighted by Gasteiger charge is 2.95. The minimum absolute atomic E-state index is 0.279. The molecule has 0 saturated carbocycles. The number of hydrogen-bond donors (Lipinski definition) is 2. The summed E-state index contributed by atoms with van der Waals surface area (Å²) in [5, 5.41) is -1.62. The molecule has 220 valence electrons. The van der Waals surface area contributed by atoms with Crippen molar-refractivity contribution in [2.24, 2.45) is 5.14 Å². The predicted octanol–water partition coefficient (Wildman–Crippen LogP) is 5.55. The number of rotatable bonds is 10. The first-order chi connectivity index (χ1) is 16.4. The second-order valence-electron chi connectivity index (χ2n) is 7.04. The number of carbonyl (C=O) groups excluding carboxylic acids is 1. The number of benzene rings is 1. The highest BCUT2D eigenvalue weighted by Crippen LogP contribution is 2.64. The molecule has 1 amide bonds. The Bertz CT molecular complexity index is 1170. The highest BCUT2D eigenvalue weighted by molar-refractivity contribution is 7.89. The van der Waals surface area contributed by atoms with E-state index in [1.165, 1.54) is 0 Å². The lowest BCUT2D eigenvalue weighted by Crippen LogP contribution is -2.75. The first-order valence-electron chi connectivity index (χ1n) is 8.51. The van der Waals surface area contributed by atoms with E-state index < -0.39 is 73.4 Å². The maximum Gasteiger partial charge on any atom is 0.393 e. The van der Waals surface area contributed by atoms with Gasteiger partial charge in [-0.25, -0.2) is 13.6 Å². The van der Waals surface area contributed by atoms with Gasteiger partial charge in [-0.05, 0) is 35.9 Å². The van der Waals surface area contributed by atoms with Gasteiger partial charge in [-0.1, -0.05) is 0 Å². The van der Waals surface area contributed by atoms with Gasteiger partial charge in [-0.3, -0.25) is 4.79 Å². The number of sulfonamides is 1. The van der Waals surface area contributed by atoms with Crippen molar-refractivity contribution in [3.8, 4) is 0 Å². The molecule has 0 aliphatic carbocycles. The van der Waals surface area contributed by atoms with E-state index in [2.05, 4.69) is 16.7 Å². The Morgan fingerprint density at radius 1 is 0.632 bits per heavy atom. The van der Waals surface area contributed by atoms with Gasteiger partial charge in [0.15, 0.2) is 0 Å². The van der Waals surface area contributed by atoms with Crippen LogP contribution >= 0.6 is 11.6 Å². The Balaban J connectivity index is 3.54. The van der Waals surface area contributed by atoms with Gasteiger partial charge in [-0.2, -0.15) is 70.2 Å². The van der Waals surface area contributed by atoms with Crippen molar-refractivity contribution in [3.63, 3.8) is 0 Å². The number of halogens is 17. The topological polar surface area (TPSA) is 89.3 Å². The lowest BCUT2D eigenvalue weighted by Gasteiger charge is -2.42. The molecule has 0 bridgehead atoms. The van der Waals surface area contributed by atoms with Crippen LogP contribution in [-0.2, 0) is 14.8 Å². The van der Waals surface area contributed by atoms with Crippen LogP contribution in [0.2, 0.25) is 0 Å². The molecule has 23 heteroatoms. The molecular formula is C15H7ClF16N2O3S. The second-order valence-corrected chi connectivity index (χ2v) is 9.08. The number of nitrogens with one attached hydrogen (secondary N) is 1. The first kappa shape index (κ1) is 33.8. The van der Waals surface area contributed by atoms with Crippen molar-refractivity contribution in [2.75, 3.05) is 5.32 Å². The van der Waals surface area contributed by atoms with Crippen LogP contribution in [0.15, 0.2) is 29.2 Å². The summed E-state index contributed by atoms with van der Waals surface area (Å²) in [7, 11) is -4.49. The molecule has 0 aliphatic heterocycles. The van der Waals surface area contributed by atoms with Gasteiger partial charge in [0.2, 0.25) is 10.0 Å². The number of carbonyl (C=O) groups is 1. The third-order valence-corrected chi connectivity index (χ3v) is 5.61. The van der Waals surface area contributed by atoms with Crippen molar-refractivity contribution in [3.05, 3.63) is 24.3 Å². The molecule has 38 heavy (non-hydrogen) atoms. The SMILES string of the molecule is NS(=O)(=O)c1ccc(NC(=O)C(F)(F)C(F)(F)C(F)(F)C(F)(F)C(F)(F)C(F)(F)C(F)(F)C(F)(F)Cl)cc1. The molecule has 5 nitrogen and oxygen atoms in total. The number of anilines is 1. The minimum atomic E-state index is -8.71. The Morgan fingerprint density at radius 3 is 1.26 bits per heavy atom. The number of hydrogen-bond acceptors (Lipinski definition) is 3. The van der Waals surface area contributed by atoms with Crippen LogP contribution in [0, 0.1) is 0 Å². The fraction of sp³-hybridized carbons (Fsp3) is 0.533. The molecule has 0 spiro atoms. The monoisotopic (exact) mass is 634 g/mol. The molecule has 3 N–H and O–H groups in total. The van der Waals surface area contributed by atoms with Crippen LogP contribution in [0.5, 0.6) is 0 Å². The summed E-state index contributed by atoms with van der Waals surface area (Å²) in [5.74, 6) is -61.3. The van der Waals surface area contributed by atoms with E-state index in [-0.39, 0.29) is 12.1 Å². The van der Waals surface area contributed by atoms with E-state index in [0.29, 0.717) is 17.4 Å². The van der Waals surface area contributed by atoms with Crippen LogP contribution in [0.1, 0.15) is 0 Å². The molecule has 0 unspecified atom stereocenters. The zero-order valence-electron chi connectivity index (χ0n) is 16.9. The quantitative estimate of drug-likeness (QED) is 0.261. The van der Waals surface area contributed by atoms with Crippen LogP contribution in [0.4, 0.5) is 75.9 Å². The van der Waals surface area contributed by atoms with Gasteiger partial charge in [-0.15, -0.1) is 0 Å². The molecular weight excluding hydrogens is 628 g/mol. The predicted molar refractivity (Wildman–Crippen MR) is 91.9 cm³/mol. The molecule has 0 heterocycles. The largest absolute Gasteiger partial charge is 0.393 e. The average Bonchev–Trinajstić information content (AvgIpc) is 2.71. The number of alkyl halides is 17. The molecule has 0 radical (unpaired) electrons. The van der Waals surface area contributed by atoms with Crippen LogP contribution in [-0.4, -0.2) is 61.2 Å². The van der Waals surface area contributed by atoms with Crippen molar-refractivity contribution in [1.29, 1.82) is 0 Å².